The summed E-state index contributed by atoms with van der Waals surface area (Å²) in [5.41, 5.74) is 2.19. The fourth-order valence-electron chi connectivity index (χ4n) is 2.39. The average Bonchev–Trinajstić information content (AvgIpc) is 2.26. The van der Waals surface area contributed by atoms with Gasteiger partial charge in [0.25, 0.3) is 0 Å². The highest BCUT2D eigenvalue weighted by molar-refractivity contribution is 6.21. The molecule has 1 aromatic carbocycles. The lowest BCUT2D eigenvalue weighted by atomic mass is 9.81. The molecule has 0 radical (unpaired) electrons. The topological polar surface area (TPSA) is 12.9 Å². The molecule has 1 aliphatic rings. The van der Waals surface area contributed by atoms with Crippen molar-refractivity contribution in [3.8, 4) is 0 Å². The molecular weight excluding hydrogens is 230 g/mol. The molecule has 1 saturated carbocycles. The highest BCUT2D eigenvalue weighted by atomic mass is 35.5. The van der Waals surface area contributed by atoms with Gasteiger partial charge in [0, 0.05) is 22.9 Å². The highest BCUT2D eigenvalue weighted by Crippen LogP contribution is 2.33. The van der Waals surface area contributed by atoms with Crippen molar-refractivity contribution < 1.29 is 0 Å². The summed E-state index contributed by atoms with van der Waals surface area (Å²) < 4.78 is 0. The molecule has 0 amide bonds. The standard InChI is InChI=1S/C15H16ClN/c16-14(11-5-3-6-11)10-13-9-8-12-4-1-2-7-15(12)17-13/h1-2,4,7-9,11,14H,3,5-6,10H2. The Morgan fingerprint density at radius 2 is 2.00 bits per heavy atom. The van der Waals surface area contributed by atoms with Crippen molar-refractivity contribution in [1.82, 2.24) is 4.98 Å². The van der Waals surface area contributed by atoms with Gasteiger partial charge < -0.3 is 0 Å². The molecule has 0 spiro atoms. The summed E-state index contributed by atoms with van der Waals surface area (Å²) in [4.78, 5) is 4.67. The lowest BCUT2D eigenvalue weighted by Gasteiger charge is -2.29. The molecule has 1 unspecified atom stereocenters. The van der Waals surface area contributed by atoms with E-state index in [1.807, 2.05) is 12.1 Å². The summed E-state index contributed by atoms with van der Waals surface area (Å²) in [6, 6.07) is 12.5. The molecule has 2 aromatic rings. The lowest BCUT2D eigenvalue weighted by molar-refractivity contribution is 0.301. The molecule has 1 heterocycles. The fraction of sp³-hybridized carbons (Fsp3) is 0.400. The van der Waals surface area contributed by atoms with Crippen LogP contribution < -0.4 is 0 Å². The molecule has 1 atom stereocenters. The zero-order valence-corrected chi connectivity index (χ0v) is 10.5. The lowest BCUT2D eigenvalue weighted by Crippen LogP contribution is -2.24. The molecule has 0 bridgehead atoms. The minimum Gasteiger partial charge on any atom is -0.253 e. The molecule has 3 rings (SSSR count). The van der Waals surface area contributed by atoms with Gasteiger partial charge in [0.2, 0.25) is 0 Å². The summed E-state index contributed by atoms with van der Waals surface area (Å²) in [6.45, 7) is 0. The van der Waals surface area contributed by atoms with E-state index < -0.39 is 0 Å². The molecule has 1 nitrogen and oxygen atoms in total. The number of nitrogens with zero attached hydrogens (tertiary/aromatic N) is 1. The van der Waals surface area contributed by atoms with Crippen molar-refractivity contribution in [2.75, 3.05) is 0 Å². The Hall–Kier alpha value is -1.08. The monoisotopic (exact) mass is 245 g/mol. The molecule has 1 fully saturated rings. The average molecular weight is 246 g/mol. The Labute approximate surface area is 107 Å². The number of hydrogen-bond acceptors (Lipinski definition) is 1. The highest BCUT2D eigenvalue weighted by Gasteiger charge is 2.25. The van der Waals surface area contributed by atoms with Gasteiger partial charge in [0.05, 0.1) is 5.52 Å². The van der Waals surface area contributed by atoms with Crippen molar-refractivity contribution in [2.45, 2.75) is 31.1 Å². The van der Waals surface area contributed by atoms with E-state index in [9.17, 15) is 0 Å². The molecule has 1 aliphatic carbocycles. The largest absolute Gasteiger partial charge is 0.253 e. The molecule has 0 N–H and O–H groups in total. The second-order valence-electron chi connectivity index (χ2n) is 4.91. The van der Waals surface area contributed by atoms with E-state index in [4.69, 9.17) is 11.6 Å². The maximum Gasteiger partial charge on any atom is 0.0705 e. The van der Waals surface area contributed by atoms with Gasteiger partial charge in [-0.05, 0) is 30.9 Å². The van der Waals surface area contributed by atoms with Crippen LogP contribution in [0.1, 0.15) is 25.0 Å². The second-order valence-corrected chi connectivity index (χ2v) is 5.47. The van der Waals surface area contributed by atoms with E-state index in [0.717, 1.165) is 17.6 Å². The van der Waals surface area contributed by atoms with Crippen LogP contribution >= 0.6 is 11.6 Å². The number of hydrogen-bond donors (Lipinski definition) is 0. The zero-order valence-electron chi connectivity index (χ0n) is 9.77. The minimum atomic E-state index is 0.261. The number of para-hydroxylation sites is 1. The van der Waals surface area contributed by atoms with Crippen LogP contribution in [0.2, 0.25) is 0 Å². The predicted octanol–water partition coefficient (Wildman–Crippen LogP) is 4.18. The molecule has 2 heteroatoms. The fourth-order valence-corrected chi connectivity index (χ4v) is 2.80. The van der Waals surface area contributed by atoms with Gasteiger partial charge >= 0.3 is 0 Å². The number of fused-ring (bicyclic) bond motifs is 1. The second kappa shape index (κ2) is 4.66. The number of benzene rings is 1. The first-order valence-electron chi connectivity index (χ1n) is 6.32. The maximum atomic E-state index is 6.43. The first-order valence-corrected chi connectivity index (χ1v) is 6.75. The Bertz CT molecular complexity index is 519. The van der Waals surface area contributed by atoms with Crippen LogP contribution in [0.3, 0.4) is 0 Å². The molecule has 1 aromatic heterocycles. The van der Waals surface area contributed by atoms with E-state index in [1.165, 1.54) is 24.6 Å². The van der Waals surface area contributed by atoms with Crippen LogP contribution in [0, 0.1) is 5.92 Å². The third-order valence-electron chi connectivity index (χ3n) is 3.72. The van der Waals surface area contributed by atoms with Gasteiger partial charge in [-0.15, -0.1) is 11.6 Å². The van der Waals surface area contributed by atoms with Crippen LogP contribution in [-0.2, 0) is 6.42 Å². The maximum absolute atomic E-state index is 6.43. The Morgan fingerprint density at radius 3 is 2.76 bits per heavy atom. The third-order valence-corrected chi connectivity index (χ3v) is 4.23. The Balaban J connectivity index is 1.80. The van der Waals surface area contributed by atoms with Crippen LogP contribution in [0.5, 0.6) is 0 Å². The van der Waals surface area contributed by atoms with Crippen LogP contribution in [-0.4, -0.2) is 10.4 Å². The number of aromatic nitrogens is 1. The van der Waals surface area contributed by atoms with Crippen LogP contribution in [0.25, 0.3) is 10.9 Å². The summed E-state index contributed by atoms with van der Waals surface area (Å²) in [5, 5.41) is 1.46. The van der Waals surface area contributed by atoms with Gasteiger partial charge in [0.1, 0.15) is 0 Å². The molecule has 88 valence electrons. The molecule has 0 aliphatic heterocycles. The molecular formula is C15H16ClN. The number of alkyl halides is 1. The van der Waals surface area contributed by atoms with E-state index in [2.05, 4.69) is 29.2 Å². The van der Waals surface area contributed by atoms with Gasteiger partial charge in [-0.1, -0.05) is 30.7 Å². The van der Waals surface area contributed by atoms with Gasteiger partial charge in [-0.25, -0.2) is 0 Å². The molecule has 17 heavy (non-hydrogen) atoms. The van der Waals surface area contributed by atoms with Crippen molar-refractivity contribution in [3.05, 3.63) is 42.1 Å². The van der Waals surface area contributed by atoms with Gasteiger partial charge in [0.15, 0.2) is 0 Å². The van der Waals surface area contributed by atoms with E-state index in [0.29, 0.717) is 5.92 Å². The summed E-state index contributed by atoms with van der Waals surface area (Å²) in [5.74, 6) is 0.713. The Morgan fingerprint density at radius 1 is 1.18 bits per heavy atom. The zero-order chi connectivity index (χ0) is 11.7. The van der Waals surface area contributed by atoms with Crippen molar-refractivity contribution in [3.63, 3.8) is 0 Å². The van der Waals surface area contributed by atoms with Gasteiger partial charge in [-0.3, -0.25) is 4.98 Å². The van der Waals surface area contributed by atoms with Crippen molar-refractivity contribution in [2.24, 2.45) is 5.92 Å². The first-order chi connectivity index (χ1) is 8.33. The van der Waals surface area contributed by atoms with Crippen molar-refractivity contribution >= 4 is 22.5 Å². The molecule has 0 saturated heterocycles. The number of halogens is 1. The minimum absolute atomic E-state index is 0.261. The Kier molecular flexibility index (Phi) is 3.02. The van der Waals surface area contributed by atoms with Crippen LogP contribution in [0.4, 0.5) is 0 Å². The van der Waals surface area contributed by atoms with E-state index >= 15 is 0 Å². The predicted molar refractivity (Wildman–Crippen MR) is 72.4 cm³/mol. The summed E-state index contributed by atoms with van der Waals surface area (Å²) >= 11 is 6.43. The quantitative estimate of drug-likeness (QED) is 0.739. The third kappa shape index (κ3) is 2.30. The summed E-state index contributed by atoms with van der Waals surface area (Å²) in [6.07, 6.45) is 4.83. The van der Waals surface area contributed by atoms with E-state index in [1.54, 1.807) is 0 Å². The first kappa shape index (κ1) is 11.0. The van der Waals surface area contributed by atoms with Crippen molar-refractivity contribution in [1.29, 1.82) is 0 Å². The SMILES string of the molecule is ClC(Cc1ccc2ccccc2n1)C1CCC1. The number of rotatable bonds is 3. The van der Waals surface area contributed by atoms with E-state index in [-0.39, 0.29) is 5.38 Å². The number of pyridine rings is 1. The van der Waals surface area contributed by atoms with Gasteiger partial charge in [-0.2, -0.15) is 0 Å². The smallest absolute Gasteiger partial charge is 0.0705 e. The van der Waals surface area contributed by atoms with Crippen LogP contribution in [0.15, 0.2) is 36.4 Å². The normalized spacial score (nSPS) is 17.9. The summed E-state index contributed by atoms with van der Waals surface area (Å²) in [7, 11) is 0.